The van der Waals surface area contributed by atoms with Crippen LogP contribution < -0.4 is 10.6 Å². The summed E-state index contributed by atoms with van der Waals surface area (Å²) in [5.41, 5.74) is -1.78. The summed E-state index contributed by atoms with van der Waals surface area (Å²) < 4.78 is 71.7. The van der Waals surface area contributed by atoms with Crippen LogP contribution in [-0.2, 0) is 4.79 Å². The molecule has 0 aromatic carbocycles. The molecule has 0 radical (unpaired) electrons. The predicted octanol–water partition coefficient (Wildman–Crippen LogP) is 6.37. The van der Waals surface area contributed by atoms with Gasteiger partial charge in [0.1, 0.15) is 5.69 Å². The van der Waals surface area contributed by atoms with E-state index in [9.17, 15) is 36.8 Å². The molecule has 3 aliphatic rings. The molecule has 3 saturated carbocycles. The van der Waals surface area contributed by atoms with Gasteiger partial charge in [-0.1, -0.05) is 11.8 Å². The quantitative estimate of drug-likeness (QED) is 0.137. The Morgan fingerprint density at radius 2 is 1.81 bits per heavy atom. The number of fused-ring (bicyclic) bond motifs is 1. The van der Waals surface area contributed by atoms with Gasteiger partial charge in [-0.25, -0.2) is 18.3 Å². The molecule has 2 amide bonds. The Morgan fingerprint density at radius 1 is 1.11 bits per heavy atom. The number of nitrogens with one attached hydrogen (secondary N) is 2. The fourth-order valence-electron chi connectivity index (χ4n) is 6.24. The lowest BCUT2D eigenvalue weighted by Crippen LogP contribution is -2.41. The number of hydrogen-bond donors (Lipinski definition) is 2. The molecule has 16 heteroatoms. The minimum Gasteiger partial charge on any atom is -0.342 e. The minimum atomic E-state index is -4.47. The molecule has 3 aromatic rings. The van der Waals surface area contributed by atoms with Gasteiger partial charge in [-0.3, -0.25) is 14.3 Å². The number of nitriles is 1. The summed E-state index contributed by atoms with van der Waals surface area (Å²) in [5.74, 6) is -4.26. The number of carbonyl (C=O) groups is 2. The topological polar surface area (TPSA) is 130 Å². The second-order valence-electron chi connectivity index (χ2n) is 13.3. The molecule has 3 fully saturated rings. The predicted molar refractivity (Wildman–Crippen MR) is 160 cm³/mol. The Morgan fingerprint density at radius 3 is 2.40 bits per heavy atom. The van der Waals surface area contributed by atoms with Gasteiger partial charge in [0.05, 0.1) is 46.4 Å². The normalized spacial score (nSPS) is 21.2. The van der Waals surface area contributed by atoms with E-state index in [2.05, 4.69) is 26.9 Å². The summed E-state index contributed by atoms with van der Waals surface area (Å²) in [7, 11) is 0. The van der Waals surface area contributed by atoms with E-state index in [0.29, 0.717) is 34.8 Å². The van der Waals surface area contributed by atoms with Crippen molar-refractivity contribution >= 4 is 29.2 Å². The van der Waals surface area contributed by atoms with Crippen molar-refractivity contribution in [1.29, 1.82) is 5.26 Å². The molecule has 6 rings (SSSR count). The summed E-state index contributed by atoms with van der Waals surface area (Å²) in [4.78, 5) is 31.5. The van der Waals surface area contributed by atoms with Crippen molar-refractivity contribution in [1.82, 2.24) is 35.0 Å². The zero-order chi connectivity index (χ0) is 33.8. The van der Waals surface area contributed by atoms with Crippen LogP contribution in [-0.4, -0.2) is 53.7 Å². The molecule has 2 N–H and O–H groups in total. The second-order valence-corrected chi connectivity index (χ2v) is 14.5. The van der Waals surface area contributed by atoms with E-state index < -0.39 is 52.6 Å². The fourth-order valence-corrected chi connectivity index (χ4v) is 7.50. The number of amides is 2. The van der Waals surface area contributed by atoms with E-state index in [0.717, 1.165) is 11.8 Å². The molecule has 252 valence electrons. The molecule has 47 heavy (non-hydrogen) atoms. The van der Waals surface area contributed by atoms with Crippen LogP contribution in [0.5, 0.6) is 0 Å². The maximum absolute atomic E-state index is 14.1. The first-order valence-corrected chi connectivity index (χ1v) is 16.5. The highest BCUT2D eigenvalue weighted by atomic mass is 32.2. The molecule has 2 atom stereocenters. The second kappa shape index (κ2) is 12.1. The number of rotatable bonds is 11. The van der Waals surface area contributed by atoms with E-state index in [4.69, 9.17) is 4.98 Å². The maximum Gasteiger partial charge on any atom is 0.395 e. The van der Waals surface area contributed by atoms with E-state index in [1.54, 1.807) is 23.0 Å². The van der Waals surface area contributed by atoms with Crippen molar-refractivity contribution in [3.05, 3.63) is 42.1 Å². The molecular weight excluding hydrogens is 643 g/mol. The Kier molecular flexibility index (Phi) is 8.51. The van der Waals surface area contributed by atoms with E-state index in [-0.39, 0.29) is 50.5 Å². The van der Waals surface area contributed by atoms with Crippen LogP contribution in [0.2, 0.25) is 0 Å². The molecule has 0 spiro atoms. The summed E-state index contributed by atoms with van der Waals surface area (Å²) >= 11 is 1.12. The summed E-state index contributed by atoms with van der Waals surface area (Å²) in [5, 5.41) is 23.4. The molecular formula is C31H35F5N8O2S. The Hall–Kier alpha value is -3.74. The number of halogens is 5. The number of hydrogen-bond acceptors (Lipinski definition) is 7. The van der Waals surface area contributed by atoms with Crippen LogP contribution in [0.15, 0.2) is 35.6 Å². The Balaban J connectivity index is 1.24. The van der Waals surface area contributed by atoms with Crippen molar-refractivity contribution in [3.8, 4) is 6.07 Å². The first-order valence-electron chi connectivity index (χ1n) is 15.7. The number of carbonyl (C=O) groups excluding carboxylic acids is 2. The monoisotopic (exact) mass is 678 g/mol. The van der Waals surface area contributed by atoms with Crippen molar-refractivity contribution in [2.45, 2.75) is 106 Å². The summed E-state index contributed by atoms with van der Waals surface area (Å²) in [6.07, 6.45) is 0.0252. The highest BCUT2D eigenvalue weighted by Crippen LogP contribution is 2.60. The number of aromatic nitrogens is 5. The highest BCUT2D eigenvalue weighted by molar-refractivity contribution is 8.00. The molecule has 0 bridgehead atoms. The van der Waals surface area contributed by atoms with Gasteiger partial charge >= 0.3 is 6.18 Å². The maximum atomic E-state index is 14.1. The van der Waals surface area contributed by atoms with Gasteiger partial charge in [-0.2, -0.15) is 28.6 Å². The zero-order valence-electron chi connectivity index (χ0n) is 25.9. The van der Waals surface area contributed by atoms with Gasteiger partial charge in [0, 0.05) is 36.4 Å². The van der Waals surface area contributed by atoms with Crippen LogP contribution in [0.4, 0.5) is 22.0 Å². The standard InChI is InChI=1S/C31H35F5N8O2S/c1-18(2)44-22(5-12-38-44)26(46)42-25(19-3-6-30(32,33)7-4-19)21-16-43-23(40-21)13-20(15-39-43)47-27(28(17-37)8-9-28)41-24(45)14-29(10-11-29)31(34,35)36/h5,12-13,15-16,18-19,25,27H,3-4,6-11,14H2,1-2H3,(H,41,45)(H,42,46)/t25-,27?/m0/s1. The van der Waals surface area contributed by atoms with Gasteiger partial charge in [0.25, 0.3) is 5.91 Å². The van der Waals surface area contributed by atoms with Gasteiger partial charge in [0.2, 0.25) is 11.8 Å². The lowest BCUT2D eigenvalue weighted by atomic mass is 9.81. The molecule has 0 saturated heterocycles. The lowest BCUT2D eigenvalue weighted by molar-refractivity contribution is -0.190. The Bertz CT molecular complexity index is 1700. The third-order valence-electron chi connectivity index (χ3n) is 9.56. The molecule has 3 aliphatic carbocycles. The van der Waals surface area contributed by atoms with E-state index in [1.165, 1.54) is 16.9 Å². The first kappa shape index (κ1) is 33.2. The Labute approximate surface area is 271 Å². The van der Waals surface area contributed by atoms with Gasteiger partial charge in [0.15, 0.2) is 5.65 Å². The largest absolute Gasteiger partial charge is 0.395 e. The molecule has 3 heterocycles. The number of imidazole rings is 1. The zero-order valence-corrected chi connectivity index (χ0v) is 26.7. The number of alkyl halides is 5. The minimum absolute atomic E-state index is 0.0863. The average Bonchev–Trinajstić information content (AvgIpc) is 3.87. The van der Waals surface area contributed by atoms with Gasteiger partial charge < -0.3 is 10.6 Å². The van der Waals surface area contributed by atoms with E-state index >= 15 is 0 Å². The van der Waals surface area contributed by atoms with Crippen molar-refractivity contribution in [2.24, 2.45) is 16.7 Å². The lowest BCUT2D eigenvalue weighted by Gasteiger charge is -2.33. The van der Waals surface area contributed by atoms with Crippen LogP contribution >= 0.6 is 11.8 Å². The summed E-state index contributed by atoms with van der Waals surface area (Å²) in [6.45, 7) is 3.77. The van der Waals surface area contributed by atoms with Crippen molar-refractivity contribution in [3.63, 3.8) is 0 Å². The molecule has 3 aromatic heterocycles. The first-order chi connectivity index (χ1) is 22.1. The molecule has 1 unspecified atom stereocenters. The SMILES string of the molecule is CC(C)n1nccc1C(=O)N[C@H](c1cn2ncc(SC(NC(=O)CC3(C(F)(F)F)CC3)C3(C#N)CC3)cc2n1)C1CCC(F)(F)CC1. The molecule has 0 aliphatic heterocycles. The van der Waals surface area contributed by atoms with Crippen LogP contribution in [0.3, 0.4) is 0 Å². The third-order valence-corrected chi connectivity index (χ3v) is 10.9. The van der Waals surface area contributed by atoms with Crippen LogP contribution in [0.1, 0.15) is 99.9 Å². The number of thioether (sulfide) groups is 1. The highest BCUT2D eigenvalue weighted by Gasteiger charge is 2.64. The molecule has 10 nitrogen and oxygen atoms in total. The van der Waals surface area contributed by atoms with Crippen molar-refractivity contribution < 1.29 is 31.5 Å². The van der Waals surface area contributed by atoms with Gasteiger partial charge in [-0.05, 0) is 70.4 Å². The smallest absolute Gasteiger partial charge is 0.342 e. The van der Waals surface area contributed by atoms with Gasteiger partial charge in [-0.15, -0.1) is 0 Å². The number of nitrogens with zero attached hydrogens (tertiary/aromatic N) is 6. The summed E-state index contributed by atoms with van der Waals surface area (Å²) in [6, 6.07) is 4.71. The van der Waals surface area contributed by atoms with Crippen LogP contribution in [0, 0.1) is 28.1 Å². The van der Waals surface area contributed by atoms with Crippen LogP contribution in [0.25, 0.3) is 5.65 Å². The van der Waals surface area contributed by atoms with E-state index in [1.807, 2.05) is 13.8 Å². The third kappa shape index (κ3) is 6.81. The van der Waals surface area contributed by atoms with Crippen molar-refractivity contribution in [2.75, 3.05) is 0 Å². The average molecular weight is 679 g/mol. The fraction of sp³-hybridized carbons (Fsp3) is 0.613.